The molecule has 3 rings (SSSR count). The van der Waals surface area contributed by atoms with Gasteiger partial charge in [0.15, 0.2) is 11.6 Å². The second kappa shape index (κ2) is 13.3. The van der Waals surface area contributed by atoms with Gasteiger partial charge in [-0.3, -0.25) is 0 Å². The number of aliphatic hydroxyl groups is 1. The maximum absolute atomic E-state index is 14.9. The van der Waals surface area contributed by atoms with Crippen molar-refractivity contribution in [2.45, 2.75) is 75.9 Å². The summed E-state index contributed by atoms with van der Waals surface area (Å²) in [5.41, 5.74) is -1.02. The van der Waals surface area contributed by atoms with Crippen LogP contribution in [0.3, 0.4) is 0 Å². The molecule has 3 nitrogen and oxygen atoms in total. The Morgan fingerprint density at radius 3 is 2.10 bits per heavy atom. The van der Waals surface area contributed by atoms with Crippen molar-refractivity contribution in [1.29, 1.82) is 0 Å². The molecule has 0 spiro atoms. The smallest absolute Gasteiger partial charge is 0.461 e. The zero-order chi connectivity index (χ0) is 31.3. The van der Waals surface area contributed by atoms with Crippen LogP contribution in [0.15, 0.2) is 66.7 Å². The first-order valence-corrected chi connectivity index (χ1v) is 12.9. The van der Waals surface area contributed by atoms with E-state index in [0.29, 0.717) is 11.6 Å². The maximum Gasteiger partial charge on any atom is 0.461 e. The van der Waals surface area contributed by atoms with Crippen LogP contribution in [0.4, 0.5) is 39.5 Å². The summed E-state index contributed by atoms with van der Waals surface area (Å²) in [6.07, 6.45) is -18.9. The first kappa shape index (κ1) is 33.1. The second-order valence-corrected chi connectivity index (χ2v) is 10.2. The zero-order valence-electron chi connectivity index (χ0n) is 22.6. The van der Waals surface area contributed by atoms with Crippen LogP contribution >= 0.6 is 0 Å². The number of rotatable bonds is 13. The Bertz CT molecular complexity index is 1310. The predicted octanol–water partition coefficient (Wildman–Crippen LogP) is 8.61. The summed E-state index contributed by atoms with van der Waals surface area (Å²) in [5, 5.41) is 10.3. The lowest BCUT2D eigenvalue weighted by molar-refractivity contribution is -0.253. The number of aliphatic hydroxyl groups excluding tert-OH is 1. The van der Waals surface area contributed by atoms with Crippen LogP contribution < -0.4 is 9.47 Å². The van der Waals surface area contributed by atoms with Crippen molar-refractivity contribution in [3.63, 3.8) is 0 Å². The van der Waals surface area contributed by atoms with Gasteiger partial charge in [0.2, 0.25) is 0 Å². The maximum atomic E-state index is 14.9. The highest BCUT2D eigenvalue weighted by Gasteiger charge is 2.45. The molecule has 42 heavy (non-hydrogen) atoms. The molecule has 0 bridgehead atoms. The Morgan fingerprint density at radius 2 is 1.50 bits per heavy atom. The van der Waals surface area contributed by atoms with Crippen LogP contribution in [0.1, 0.15) is 49.8 Å². The predicted molar refractivity (Wildman–Crippen MR) is 137 cm³/mol. The van der Waals surface area contributed by atoms with Crippen molar-refractivity contribution in [2.75, 3.05) is 0 Å². The Labute approximate surface area is 236 Å². The molecule has 0 unspecified atom stereocenters. The Morgan fingerprint density at radius 1 is 0.833 bits per heavy atom. The van der Waals surface area contributed by atoms with Gasteiger partial charge in [0.25, 0.3) is 0 Å². The van der Waals surface area contributed by atoms with E-state index in [2.05, 4.69) is 4.74 Å². The minimum atomic E-state index is -4.98. The molecule has 0 aliphatic carbocycles. The summed E-state index contributed by atoms with van der Waals surface area (Å²) in [7, 11) is 0. The van der Waals surface area contributed by atoms with E-state index in [4.69, 9.17) is 4.74 Å². The third-order valence-corrected chi connectivity index (χ3v) is 6.50. The average Bonchev–Trinajstić information content (AvgIpc) is 2.86. The normalized spacial score (nSPS) is 14.6. The van der Waals surface area contributed by atoms with Gasteiger partial charge in [-0.25, -0.2) is 8.78 Å². The van der Waals surface area contributed by atoms with Gasteiger partial charge in [0, 0.05) is 11.5 Å². The SMILES string of the molecule is CC(C)Oc1cc([C@](CC[C@@H](O)CC(F)(F)F)(Cc2ccccc2)c2cc(F)cc(OC(F)(F)C(F)F)c2)ccc1F. The van der Waals surface area contributed by atoms with Gasteiger partial charge in [-0.2, -0.15) is 30.7 Å². The van der Waals surface area contributed by atoms with Crippen LogP contribution in [0.5, 0.6) is 11.5 Å². The molecule has 0 heterocycles. The van der Waals surface area contributed by atoms with E-state index < -0.39 is 66.6 Å². The summed E-state index contributed by atoms with van der Waals surface area (Å²) in [6.45, 7) is 3.24. The van der Waals surface area contributed by atoms with Crippen molar-refractivity contribution in [3.05, 3.63) is 95.1 Å². The lowest BCUT2D eigenvalue weighted by Gasteiger charge is -2.37. The topological polar surface area (TPSA) is 38.7 Å². The van der Waals surface area contributed by atoms with Gasteiger partial charge in [-0.05, 0) is 74.1 Å². The van der Waals surface area contributed by atoms with Gasteiger partial charge in [-0.15, -0.1) is 0 Å². The van der Waals surface area contributed by atoms with Crippen LogP contribution in [0, 0.1) is 11.6 Å². The van der Waals surface area contributed by atoms with Gasteiger partial charge >= 0.3 is 18.7 Å². The van der Waals surface area contributed by atoms with Crippen LogP contribution in [0.25, 0.3) is 0 Å². The standard InChI is InChI=1S/C30H29F9O3/c1-18(2)41-26-14-20(8-9-25(26)32)28(16-19-6-4-3-5-7-19,11-10-23(40)17-29(35,36)37)21-12-22(31)15-24(13-21)42-30(38,39)27(33)34/h3-9,12-15,18,23,27,40H,10-11,16-17H2,1-2H3/t23-,28+/m1/s1. The van der Waals surface area contributed by atoms with Crippen molar-refractivity contribution >= 4 is 0 Å². The van der Waals surface area contributed by atoms with E-state index in [1.165, 1.54) is 12.1 Å². The van der Waals surface area contributed by atoms with Crippen molar-refractivity contribution < 1.29 is 54.1 Å². The highest BCUT2D eigenvalue weighted by atomic mass is 19.4. The van der Waals surface area contributed by atoms with Gasteiger partial charge < -0.3 is 14.6 Å². The molecule has 1 N–H and O–H groups in total. The van der Waals surface area contributed by atoms with E-state index >= 15 is 0 Å². The summed E-state index contributed by atoms with van der Waals surface area (Å²) in [4.78, 5) is 0. The van der Waals surface area contributed by atoms with Crippen molar-refractivity contribution in [3.8, 4) is 11.5 Å². The first-order chi connectivity index (χ1) is 19.5. The van der Waals surface area contributed by atoms with Crippen LogP contribution in [-0.2, 0) is 11.8 Å². The number of hydrogen-bond acceptors (Lipinski definition) is 3. The third kappa shape index (κ3) is 8.80. The molecule has 0 fully saturated rings. The first-order valence-electron chi connectivity index (χ1n) is 12.9. The van der Waals surface area contributed by atoms with E-state index in [1.54, 1.807) is 44.2 Å². The van der Waals surface area contributed by atoms with Crippen LogP contribution in [0.2, 0.25) is 0 Å². The highest BCUT2D eigenvalue weighted by Crippen LogP contribution is 2.44. The fourth-order valence-electron chi connectivity index (χ4n) is 4.72. The molecule has 0 aliphatic heterocycles. The van der Waals surface area contributed by atoms with E-state index in [-0.39, 0.29) is 29.7 Å². The fourth-order valence-corrected chi connectivity index (χ4v) is 4.72. The number of benzene rings is 3. The molecular formula is C30H29F9O3. The fraction of sp³-hybridized carbons (Fsp3) is 0.400. The molecule has 3 aromatic rings. The van der Waals surface area contributed by atoms with E-state index in [1.807, 2.05) is 0 Å². The van der Waals surface area contributed by atoms with Gasteiger partial charge in [0.05, 0.1) is 18.6 Å². The summed E-state index contributed by atoms with van der Waals surface area (Å²) in [5.74, 6) is -3.16. The second-order valence-electron chi connectivity index (χ2n) is 10.2. The monoisotopic (exact) mass is 608 g/mol. The average molecular weight is 609 g/mol. The quantitative estimate of drug-likeness (QED) is 0.198. The number of halogens is 9. The molecule has 230 valence electrons. The number of hydrogen-bond donors (Lipinski definition) is 1. The molecule has 0 amide bonds. The summed E-state index contributed by atoms with van der Waals surface area (Å²) >= 11 is 0. The lowest BCUT2D eigenvalue weighted by Crippen LogP contribution is -2.35. The third-order valence-electron chi connectivity index (χ3n) is 6.50. The Balaban J connectivity index is 2.28. The number of alkyl halides is 7. The van der Waals surface area contributed by atoms with Gasteiger partial charge in [-0.1, -0.05) is 36.4 Å². The zero-order valence-corrected chi connectivity index (χ0v) is 22.6. The number of ether oxygens (including phenoxy) is 2. The lowest BCUT2D eigenvalue weighted by atomic mass is 9.67. The molecular weight excluding hydrogens is 579 g/mol. The summed E-state index contributed by atoms with van der Waals surface area (Å²) in [6, 6.07) is 14.1. The Hall–Kier alpha value is -3.41. The van der Waals surface area contributed by atoms with Crippen molar-refractivity contribution in [1.82, 2.24) is 0 Å². The molecule has 0 aliphatic rings. The minimum Gasteiger partial charge on any atom is -0.488 e. The molecule has 3 aromatic carbocycles. The van der Waals surface area contributed by atoms with E-state index in [0.717, 1.165) is 18.2 Å². The molecule has 0 aromatic heterocycles. The van der Waals surface area contributed by atoms with Crippen molar-refractivity contribution in [2.24, 2.45) is 0 Å². The van der Waals surface area contributed by atoms with Crippen LogP contribution in [-0.4, -0.2) is 36.0 Å². The molecule has 0 radical (unpaired) electrons. The molecule has 12 heteroatoms. The largest absolute Gasteiger partial charge is 0.488 e. The summed E-state index contributed by atoms with van der Waals surface area (Å²) < 4.78 is 132. The molecule has 0 saturated carbocycles. The Kier molecular flexibility index (Phi) is 10.5. The highest BCUT2D eigenvalue weighted by molar-refractivity contribution is 5.47. The van der Waals surface area contributed by atoms with E-state index in [9.17, 15) is 44.6 Å². The van der Waals surface area contributed by atoms with Gasteiger partial charge in [0.1, 0.15) is 11.6 Å². The minimum absolute atomic E-state index is 0.104. The molecule has 0 saturated heterocycles. The molecule has 2 atom stereocenters.